The predicted octanol–water partition coefficient (Wildman–Crippen LogP) is 2.08. The highest BCUT2D eigenvalue weighted by Gasteiger charge is 2.30. The minimum absolute atomic E-state index is 0.250. The quantitative estimate of drug-likeness (QED) is 0.823. The average Bonchev–Trinajstić information content (AvgIpc) is 2.35. The molecule has 0 spiro atoms. The van der Waals surface area contributed by atoms with Crippen molar-refractivity contribution >= 4 is 26.0 Å². The van der Waals surface area contributed by atoms with E-state index < -0.39 is 10.0 Å². The summed E-state index contributed by atoms with van der Waals surface area (Å²) in [6.07, 6.45) is 0. The maximum Gasteiger partial charge on any atom is 0.243 e. The van der Waals surface area contributed by atoms with Crippen LogP contribution in [0, 0.1) is 6.92 Å². The van der Waals surface area contributed by atoms with Crippen LogP contribution in [0.3, 0.4) is 0 Å². The third-order valence-corrected chi connectivity index (χ3v) is 6.44. The zero-order chi connectivity index (χ0) is 14.2. The van der Waals surface area contributed by atoms with E-state index in [2.05, 4.69) is 27.8 Å². The number of likely N-dealkylation sites (N-methyl/N-ethyl adjacent to an activating group) is 1. The summed E-state index contributed by atoms with van der Waals surface area (Å²) >= 11 is 3.39. The standard InChI is InChI=1S/C13H19BrN2O2S/c1-10-8-12(4-5-13(10)14)19(17,18)16-7-6-15(3)11(2)9-16/h4-5,8,11H,6-7,9H2,1-3H3. The van der Waals surface area contributed by atoms with Crippen molar-refractivity contribution in [1.29, 1.82) is 0 Å². The number of benzene rings is 1. The van der Waals surface area contributed by atoms with E-state index in [9.17, 15) is 8.42 Å². The number of hydrogen-bond donors (Lipinski definition) is 0. The van der Waals surface area contributed by atoms with Crippen LogP contribution in [0.5, 0.6) is 0 Å². The first-order chi connectivity index (χ1) is 8.82. The second-order valence-electron chi connectivity index (χ2n) is 5.10. The van der Waals surface area contributed by atoms with Gasteiger partial charge in [0.1, 0.15) is 0 Å². The Morgan fingerprint density at radius 1 is 1.32 bits per heavy atom. The largest absolute Gasteiger partial charge is 0.301 e. The Kier molecular flexibility index (Phi) is 4.35. The van der Waals surface area contributed by atoms with Gasteiger partial charge in [-0.3, -0.25) is 0 Å². The second-order valence-corrected chi connectivity index (χ2v) is 7.90. The Bertz CT molecular complexity index is 574. The summed E-state index contributed by atoms with van der Waals surface area (Å²) in [4.78, 5) is 2.56. The van der Waals surface area contributed by atoms with Gasteiger partial charge in [0.2, 0.25) is 10.0 Å². The molecule has 1 aliphatic rings. The fourth-order valence-corrected chi connectivity index (χ4v) is 4.00. The summed E-state index contributed by atoms with van der Waals surface area (Å²) in [5.41, 5.74) is 0.934. The molecule has 1 aromatic rings. The molecule has 1 aromatic carbocycles. The average molecular weight is 347 g/mol. The van der Waals surface area contributed by atoms with Gasteiger partial charge in [-0.25, -0.2) is 8.42 Å². The Balaban J connectivity index is 2.29. The molecule has 19 heavy (non-hydrogen) atoms. The molecular formula is C13H19BrN2O2S. The van der Waals surface area contributed by atoms with Crippen LogP contribution >= 0.6 is 15.9 Å². The van der Waals surface area contributed by atoms with Crippen molar-refractivity contribution < 1.29 is 8.42 Å². The molecule has 0 saturated carbocycles. The molecular weight excluding hydrogens is 328 g/mol. The van der Waals surface area contributed by atoms with Gasteiger partial charge in [-0.2, -0.15) is 4.31 Å². The minimum Gasteiger partial charge on any atom is -0.301 e. The number of rotatable bonds is 2. The summed E-state index contributed by atoms with van der Waals surface area (Å²) in [5, 5.41) is 0. The van der Waals surface area contributed by atoms with E-state index in [0.717, 1.165) is 16.6 Å². The van der Waals surface area contributed by atoms with E-state index in [1.807, 2.05) is 14.0 Å². The van der Waals surface area contributed by atoms with E-state index in [1.54, 1.807) is 22.5 Å². The van der Waals surface area contributed by atoms with Crippen LogP contribution in [0.25, 0.3) is 0 Å². The number of aryl methyl sites for hydroxylation is 1. The third kappa shape index (κ3) is 3.02. The zero-order valence-corrected chi connectivity index (χ0v) is 13.8. The Morgan fingerprint density at radius 3 is 2.58 bits per heavy atom. The third-order valence-electron chi connectivity index (χ3n) is 3.69. The molecule has 4 nitrogen and oxygen atoms in total. The highest BCUT2D eigenvalue weighted by atomic mass is 79.9. The van der Waals surface area contributed by atoms with E-state index in [1.165, 1.54) is 0 Å². The fourth-order valence-electron chi connectivity index (χ4n) is 2.16. The van der Waals surface area contributed by atoms with Crippen molar-refractivity contribution in [3.8, 4) is 0 Å². The molecule has 0 N–H and O–H groups in total. The van der Waals surface area contributed by atoms with Crippen LogP contribution in [0.15, 0.2) is 27.6 Å². The van der Waals surface area contributed by atoms with Crippen LogP contribution < -0.4 is 0 Å². The van der Waals surface area contributed by atoms with Crippen LogP contribution in [0.4, 0.5) is 0 Å². The van der Waals surface area contributed by atoms with Crippen molar-refractivity contribution in [3.05, 3.63) is 28.2 Å². The summed E-state index contributed by atoms with van der Waals surface area (Å²) in [6, 6.07) is 5.43. The highest BCUT2D eigenvalue weighted by Crippen LogP contribution is 2.24. The molecule has 0 aliphatic carbocycles. The van der Waals surface area contributed by atoms with Gasteiger partial charge in [0.15, 0.2) is 0 Å². The first kappa shape index (κ1) is 15.0. The van der Waals surface area contributed by atoms with Gasteiger partial charge in [0.05, 0.1) is 4.90 Å². The van der Waals surface area contributed by atoms with Gasteiger partial charge in [0, 0.05) is 30.1 Å². The molecule has 1 unspecified atom stereocenters. The maximum absolute atomic E-state index is 12.6. The van der Waals surface area contributed by atoms with Crippen molar-refractivity contribution in [2.24, 2.45) is 0 Å². The lowest BCUT2D eigenvalue weighted by Crippen LogP contribution is -2.51. The Morgan fingerprint density at radius 2 is 2.00 bits per heavy atom. The zero-order valence-electron chi connectivity index (χ0n) is 11.4. The molecule has 106 valence electrons. The molecule has 1 aliphatic heterocycles. The predicted molar refractivity (Wildman–Crippen MR) is 79.7 cm³/mol. The smallest absolute Gasteiger partial charge is 0.243 e. The molecule has 6 heteroatoms. The first-order valence-corrected chi connectivity index (χ1v) is 8.52. The van der Waals surface area contributed by atoms with Crippen molar-refractivity contribution in [1.82, 2.24) is 9.21 Å². The van der Waals surface area contributed by atoms with E-state index in [4.69, 9.17) is 0 Å². The highest BCUT2D eigenvalue weighted by molar-refractivity contribution is 9.10. The molecule has 2 rings (SSSR count). The lowest BCUT2D eigenvalue weighted by Gasteiger charge is -2.36. The lowest BCUT2D eigenvalue weighted by atomic mass is 10.2. The molecule has 1 heterocycles. The number of piperazine rings is 1. The van der Waals surface area contributed by atoms with Gasteiger partial charge in [-0.1, -0.05) is 15.9 Å². The van der Waals surface area contributed by atoms with Gasteiger partial charge >= 0.3 is 0 Å². The van der Waals surface area contributed by atoms with E-state index in [-0.39, 0.29) is 6.04 Å². The van der Waals surface area contributed by atoms with Gasteiger partial charge < -0.3 is 4.90 Å². The molecule has 1 saturated heterocycles. The van der Waals surface area contributed by atoms with Gasteiger partial charge in [-0.15, -0.1) is 0 Å². The number of sulfonamides is 1. The van der Waals surface area contributed by atoms with E-state index >= 15 is 0 Å². The molecule has 0 bridgehead atoms. The minimum atomic E-state index is -3.37. The number of hydrogen-bond acceptors (Lipinski definition) is 3. The van der Waals surface area contributed by atoms with Gasteiger partial charge in [0.25, 0.3) is 0 Å². The maximum atomic E-state index is 12.6. The fraction of sp³-hybridized carbons (Fsp3) is 0.538. The Labute approximate surface area is 123 Å². The van der Waals surface area contributed by atoms with Gasteiger partial charge in [-0.05, 0) is 44.7 Å². The van der Waals surface area contributed by atoms with Crippen LogP contribution in [0.1, 0.15) is 12.5 Å². The molecule has 1 fully saturated rings. The molecule has 0 amide bonds. The number of halogens is 1. The monoisotopic (exact) mass is 346 g/mol. The van der Waals surface area contributed by atoms with Crippen LogP contribution in [-0.2, 0) is 10.0 Å². The topological polar surface area (TPSA) is 40.6 Å². The summed E-state index contributed by atoms with van der Waals surface area (Å²) in [7, 11) is -1.35. The Hall–Kier alpha value is -0.430. The SMILES string of the molecule is Cc1cc(S(=O)(=O)N2CCN(C)C(C)C2)ccc1Br. The summed E-state index contributed by atoms with van der Waals surface area (Å²) in [6.45, 7) is 5.83. The lowest BCUT2D eigenvalue weighted by molar-refractivity contribution is 0.159. The normalized spacial score (nSPS) is 22.6. The summed E-state index contributed by atoms with van der Waals surface area (Å²) in [5.74, 6) is 0. The molecule has 1 atom stereocenters. The van der Waals surface area contributed by atoms with Crippen LogP contribution in [0.2, 0.25) is 0 Å². The summed E-state index contributed by atoms with van der Waals surface area (Å²) < 4.78 is 27.7. The molecule has 0 radical (unpaired) electrons. The van der Waals surface area contributed by atoms with Crippen molar-refractivity contribution in [2.45, 2.75) is 24.8 Å². The van der Waals surface area contributed by atoms with Crippen molar-refractivity contribution in [2.75, 3.05) is 26.7 Å². The number of nitrogens with zero attached hydrogens (tertiary/aromatic N) is 2. The first-order valence-electron chi connectivity index (χ1n) is 6.29. The molecule has 0 aromatic heterocycles. The van der Waals surface area contributed by atoms with Crippen molar-refractivity contribution in [3.63, 3.8) is 0 Å². The van der Waals surface area contributed by atoms with E-state index in [0.29, 0.717) is 18.0 Å². The van der Waals surface area contributed by atoms with Crippen LogP contribution in [-0.4, -0.2) is 50.3 Å². The second kappa shape index (κ2) is 5.52.